The van der Waals surface area contributed by atoms with Gasteiger partial charge in [-0.15, -0.1) is 22.0 Å². The highest BCUT2D eigenvalue weighted by Gasteiger charge is 2.11. The highest BCUT2D eigenvalue weighted by atomic mass is 79.9. The summed E-state index contributed by atoms with van der Waals surface area (Å²) in [5.41, 5.74) is 0. The van der Waals surface area contributed by atoms with E-state index in [1.165, 1.54) is 9.69 Å². The van der Waals surface area contributed by atoms with Crippen molar-refractivity contribution in [3.63, 3.8) is 0 Å². The van der Waals surface area contributed by atoms with Gasteiger partial charge in [0.15, 0.2) is 5.82 Å². The predicted octanol–water partition coefficient (Wildman–Crippen LogP) is 1.90. The van der Waals surface area contributed by atoms with Gasteiger partial charge in [0.2, 0.25) is 0 Å². The molecule has 19 heavy (non-hydrogen) atoms. The Kier molecular flexibility index (Phi) is 5.35. The first-order chi connectivity index (χ1) is 9.17. The molecule has 0 spiro atoms. The van der Waals surface area contributed by atoms with Crippen molar-refractivity contribution in [3.05, 3.63) is 34.6 Å². The lowest BCUT2D eigenvalue weighted by molar-refractivity contribution is 0.591. The highest BCUT2D eigenvalue weighted by Crippen LogP contribution is 2.22. The van der Waals surface area contributed by atoms with Crippen LogP contribution in [0.3, 0.4) is 0 Å². The van der Waals surface area contributed by atoms with Crippen molar-refractivity contribution < 1.29 is 0 Å². The number of rotatable bonds is 6. The molecule has 1 unspecified atom stereocenters. The van der Waals surface area contributed by atoms with Gasteiger partial charge in [-0.2, -0.15) is 4.80 Å². The fraction of sp³-hybridized carbons (Fsp3) is 0.417. The molecule has 0 aliphatic carbocycles. The lowest BCUT2D eigenvalue weighted by atomic mass is 10.2. The van der Waals surface area contributed by atoms with Gasteiger partial charge in [0.25, 0.3) is 0 Å². The van der Waals surface area contributed by atoms with E-state index >= 15 is 0 Å². The molecule has 0 fully saturated rings. The van der Waals surface area contributed by atoms with E-state index < -0.39 is 0 Å². The number of hydrogen-bond acceptors (Lipinski definition) is 5. The molecule has 1 N–H and O–H groups in total. The minimum Gasteiger partial charge on any atom is -0.316 e. The number of likely N-dealkylation sites (N-methyl/N-ethyl adjacent to an activating group) is 1. The maximum atomic E-state index is 4.21. The van der Waals surface area contributed by atoms with Crippen molar-refractivity contribution in [1.82, 2.24) is 25.5 Å². The molecule has 1 heterocycles. The number of halogens is 1. The van der Waals surface area contributed by atoms with Crippen LogP contribution < -0.4 is 5.32 Å². The molecule has 1 aromatic heterocycles. The normalized spacial score (nSPS) is 12.6. The predicted molar refractivity (Wildman–Crippen MR) is 80.2 cm³/mol. The zero-order chi connectivity index (χ0) is 13.7. The topological polar surface area (TPSA) is 55.6 Å². The molecule has 7 heteroatoms. The fourth-order valence-electron chi connectivity index (χ4n) is 1.62. The van der Waals surface area contributed by atoms with E-state index in [9.17, 15) is 0 Å². The van der Waals surface area contributed by atoms with Crippen LogP contribution in [0.2, 0.25) is 0 Å². The zero-order valence-electron chi connectivity index (χ0n) is 10.9. The van der Waals surface area contributed by atoms with Gasteiger partial charge in [-0.05, 0) is 30.5 Å². The SMILES string of the molecule is CNC(CSc1cccc(Br)c1)Cc1nnn(C)n1. The summed E-state index contributed by atoms with van der Waals surface area (Å²) in [6.45, 7) is 0. The number of benzene rings is 1. The second kappa shape index (κ2) is 7.02. The quantitative estimate of drug-likeness (QED) is 0.813. The third-order valence-corrected chi connectivity index (χ3v) is 4.28. The van der Waals surface area contributed by atoms with Crippen molar-refractivity contribution in [3.8, 4) is 0 Å². The molecule has 0 saturated heterocycles. The largest absolute Gasteiger partial charge is 0.316 e. The van der Waals surface area contributed by atoms with E-state index in [4.69, 9.17) is 0 Å². The third-order valence-electron chi connectivity index (χ3n) is 2.63. The van der Waals surface area contributed by atoms with Crippen molar-refractivity contribution in [2.75, 3.05) is 12.8 Å². The molecule has 0 radical (unpaired) electrons. The van der Waals surface area contributed by atoms with E-state index in [0.29, 0.717) is 6.04 Å². The molecule has 2 aromatic rings. The van der Waals surface area contributed by atoms with E-state index in [1.54, 1.807) is 7.05 Å². The summed E-state index contributed by atoms with van der Waals surface area (Å²) < 4.78 is 1.11. The zero-order valence-corrected chi connectivity index (χ0v) is 13.3. The van der Waals surface area contributed by atoms with E-state index in [1.807, 2.05) is 30.9 Å². The van der Waals surface area contributed by atoms with Gasteiger partial charge < -0.3 is 5.32 Å². The van der Waals surface area contributed by atoms with Crippen LogP contribution in [0.25, 0.3) is 0 Å². The molecule has 102 valence electrons. The van der Waals surface area contributed by atoms with Crippen LogP contribution in [0.4, 0.5) is 0 Å². The van der Waals surface area contributed by atoms with Crippen molar-refractivity contribution in [2.45, 2.75) is 17.4 Å². The van der Waals surface area contributed by atoms with Crippen LogP contribution in [-0.4, -0.2) is 39.0 Å². The van der Waals surface area contributed by atoms with Crippen LogP contribution in [0.15, 0.2) is 33.6 Å². The molecule has 0 aliphatic heterocycles. The van der Waals surface area contributed by atoms with Crippen LogP contribution in [0, 0.1) is 0 Å². The number of aromatic nitrogens is 4. The Bertz CT molecular complexity index is 530. The minimum atomic E-state index is 0.327. The second-order valence-corrected chi connectivity index (χ2v) is 6.16. The summed E-state index contributed by atoms with van der Waals surface area (Å²) in [6, 6.07) is 8.64. The standard InChI is InChI=1S/C12H16BrN5S/c1-14-10(7-12-15-17-18(2)16-12)8-19-11-5-3-4-9(13)6-11/h3-6,10,14H,7-8H2,1-2H3. The summed E-state index contributed by atoms with van der Waals surface area (Å²) in [5, 5.41) is 15.4. The first-order valence-electron chi connectivity index (χ1n) is 5.96. The van der Waals surface area contributed by atoms with Crippen LogP contribution in [0.5, 0.6) is 0 Å². The first kappa shape index (κ1) is 14.5. The van der Waals surface area contributed by atoms with Crippen LogP contribution in [-0.2, 0) is 13.5 Å². The summed E-state index contributed by atoms with van der Waals surface area (Å²) in [4.78, 5) is 2.74. The van der Waals surface area contributed by atoms with Crippen molar-refractivity contribution >= 4 is 27.7 Å². The number of nitrogens with one attached hydrogen (secondary N) is 1. The van der Waals surface area contributed by atoms with Crippen molar-refractivity contribution in [2.24, 2.45) is 7.05 Å². The monoisotopic (exact) mass is 341 g/mol. The molecule has 0 aliphatic rings. The molecular formula is C12H16BrN5S. The van der Waals surface area contributed by atoms with Gasteiger partial charge in [-0.1, -0.05) is 22.0 Å². The Morgan fingerprint density at radius 1 is 1.47 bits per heavy atom. The van der Waals surface area contributed by atoms with Crippen molar-refractivity contribution in [1.29, 1.82) is 0 Å². The molecule has 5 nitrogen and oxygen atoms in total. The molecule has 0 saturated carbocycles. The Balaban J connectivity index is 1.89. The molecular weight excluding hydrogens is 326 g/mol. The Labute approximate surface area is 125 Å². The number of nitrogens with zero attached hydrogens (tertiary/aromatic N) is 4. The third kappa shape index (κ3) is 4.59. The van der Waals surface area contributed by atoms with E-state index in [2.05, 4.69) is 48.8 Å². The second-order valence-electron chi connectivity index (χ2n) is 4.15. The van der Waals surface area contributed by atoms with E-state index in [-0.39, 0.29) is 0 Å². The Hall–Kier alpha value is -0.920. The lowest BCUT2D eigenvalue weighted by Crippen LogP contribution is -2.30. The van der Waals surface area contributed by atoms with Gasteiger partial charge >= 0.3 is 0 Å². The highest BCUT2D eigenvalue weighted by molar-refractivity contribution is 9.10. The summed E-state index contributed by atoms with van der Waals surface area (Å²) in [6.07, 6.45) is 0.783. The summed E-state index contributed by atoms with van der Waals surface area (Å²) >= 11 is 5.30. The molecule has 1 atom stereocenters. The van der Waals surface area contributed by atoms with Gasteiger partial charge in [-0.3, -0.25) is 0 Å². The number of hydrogen-bond donors (Lipinski definition) is 1. The molecule has 1 aromatic carbocycles. The van der Waals surface area contributed by atoms with E-state index in [0.717, 1.165) is 22.5 Å². The number of tetrazole rings is 1. The smallest absolute Gasteiger partial charge is 0.176 e. The average molecular weight is 342 g/mol. The molecule has 0 amide bonds. The van der Waals surface area contributed by atoms with Crippen LogP contribution >= 0.6 is 27.7 Å². The summed E-state index contributed by atoms with van der Waals surface area (Å²) in [5.74, 6) is 1.74. The van der Waals surface area contributed by atoms with Gasteiger partial charge in [0, 0.05) is 27.6 Å². The van der Waals surface area contributed by atoms with Gasteiger partial charge in [-0.25, -0.2) is 0 Å². The minimum absolute atomic E-state index is 0.327. The maximum absolute atomic E-state index is 4.21. The number of aryl methyl sites for hydroxylation is 1. The number of thioether (sulfide) groups is 1. The maximum Gasteiger partial charge on any atom is 0.176 e. The Morgan fingerprint density at radius 3 is 2.95 bits per heavy atom. The van der Waals surface area contributed by atoms with Gasteiger partial charge in [0.1, 0.15) is 0 Å². The van der Waals surface area contributed by atoms with Crippen LogP contribution in [0.1, 0.15) is 5.82 Å². The average Bonchev–Trinajstić information content (AvgIpc) is 2.80. The molecule has 2 rings (SSSR count). The fourth-order valence-corrected chi connectivity index (χ4v) is 3.24. The molecule has 0 bridgehead atoms. The first-order valence-corrected chi connectivity index (χ1v) is 7.73. The lowest BCUT2D eigenvalue weighted by Gasteiger charge is -2.13. The summed E-state index contributed by atoms with van der Waals surface area (Å²) in [7, 11) is 3.74. The van der Waals surface area contributed by atoms with Gasteiger partial charge in [0.05, 0.1) is 7.05 Å². The Morgan fingerprint density at radius 2 is 2.32 bits per heavy atom.